The average molecular weight is 430 g/mol. The summed E-state index contributed by atoms with van der Waals surface area (Å²) in [6, 6.07) is 11.8. The van der Waals surface area contributed by atoms with Crippen LogP contribution in [0, 0.1) is 3.57 Å². The molecule has 0 heterocycles. The van der Waals surface area contributed by atoms with Crippen LogP contribution in [0.25, 0.3) is 0 Å². The van der Waals surface area contributed by atoms with Crippen LogP contribution in [0.4, 0.5) is 5.69 Å². The van der Waals surface area contributed by atoms with Crippen molar-refractivity contribution in [2.24, 2.45) is 0 Å². The monoisotopic (exact) mass is 429 g/mol. The highest BCUT2D eigenvalue weighted by atomic mass is 127. The molecule has 0 saturated carbocycles. The third-order valence-electron chi connectivity index (χ3n) is 2.83. The summed E-state index contributed by atoms with van der Waals surface area (Å²) >= 11 is 8.28. The molecular weight excluding hydrogens is 417 g/mol. The van der Waals surface area contributed by atoms with Gasteiger partial charge in [-0.25, -0.2) is 4.79 Å². The molecule has 1 N–H and O–H groups in total. The number of amides is 1. The molecule has 4 nitrogen and oxygen atoms in total. The van der Waals surface area contributed by atoms with Gasteiger partial charge in [-0.15, -0.1) is 0 Å². The van der Waals surface area contributed by atoms with Gasteiger partial charge in [0.05, 0.1) is 22.9 Å². The van der Waals surface area contributed by atoms with Crippen molar-refractivity contribution >= 4 is 51.8 Å². The maximum Gasteiger partial charge on any atom is 0.338 e. The molecule has 0 aromatic heterocycles. The summed E-state index contributed by atoms with van der Waals surface area (Å²) in [7, 11) is 0. The van der Waals surface area contributed by atoms with Crippen LogP contribution in [0.3, 0.4) is 0 Å². The topological polar surface area (TPSA) is 55.4 Å². The van der Waals surface area contributed by atoms with E-state index in [1.54, 1.807) is 31.2 Å². The lowest BCUT2D eigenvalue weighted by Gasteiger charge is -2.09. The first kappa shape index (κ1) is 16.8. The lowest BCUT2D eigenvalue weighted by atomic mass is 10.2. The summed E-state index contributed by atoms with van der Waals surface area (Å²) in [5.41, 5.74) is 1.32. The van der Waals surface area contributed by atoms with E-state index in [1.165, 1.54) is 6.07 Å². The highest BCUT2D eigenvalue weighted by Gasteiger charge is 2.12. The van der Waals surface area contributed by atoms with Gasteiger partial charge in [0.2, 0.25) is 0 Å². The number of anilines is 1. The van der Waals surface area contributed by atoms with Crippen LogP contribution in [0.1, 0.15) is 27.6 Å². The molecule has 0 aliphatic heterocycles. The molecule has 0 bridgehead atoms. The van der Waals surface area contributed by atoms with Gasteiger partial charge in [-0.3, -0.25) is 4.79 Å². The number of carbonyl (C=O) groups excluding carboxylic acids is 2. The Morgan fingerprint density at radius 2 is 1.77 bits per heavy atom. The maximum atomic E-state index is 12.1. The summed E-state index contributed by atoms with van der Waals surface area (Å²) < 4.78 is 5.95. The number of halogens is 2. The molecule has 114 valence electrons. The molecule has 0 saturated heterocycles. The molecule has 0 aliphatic carbocycles. The van der Waals surface area contributed by atoms with Gasteiger partial charge in [-0.1, -0.05) is 11.6 Å². The van der Waals surface area contributed by atoms with Gasteiger partial charge < -0.3 is 10.1 Å². The third-order valence-corrected chi connectivity index (χ3v) is 3.87. The van der Waals surface area contributed by atoms with E-state index in [-0.39, 0.29) is 10.9 Å². The van der Waals surface area contributed by atoms with E-state index in [9.17, 15) is 9.59 Å². The zero-order chi connectivity index (χ0) is 16.1. The average Bonchev–Trinajstić information content (AvgIpc) is 2.50. The molecule has 0 radical (unpaired) electrons. The summed E-state index contributed by atoms with van der Waals surface area (Å²) in [6.45, 7) is 2.02. The first-order valence-electron chi connectivity index (χ1n) is 6.55. The molecule has 6 heteroatoms. The maximum absolute atomic E-state index is 12.1. The van der Waals surface area contributed by atoms with Crippen LogP contribution in [0.15, 0.2) is 42.5 Å². The van der Waals surface area contributed by atoms with Gasteiger partial charge >= 0.3 is 5.97 Å². The molecule has 0 fully saturated rings. The zero-order valence-corrected chi connectivity index (χ0v) is 14.6. The Morgan fingerprint density at radius 3 is 2.36 bits per heavy atom. The van der Waals surface area contributed by atoms with Gasteiger partial charge in [0.15, 0.2) is 0 Å². The summed E-state index contributed by atoms with van der Waals surface area (Å²) in [4.78, 5) is 23.7. The third kappa shape index (κ3) is 4.20. The molecule has 0 atom stereocenters. The number of benzene rings is 2. The second-order valence-electron chi connectivity index (χ2n) is 4.38. The highest BCUT2D eigenvalue weighted by Crippen LogP contribution is 2.24. The number of hydrogen-bond donors (Lipinski definition) is 1. The van der Waals surface area contributed by atoms with Crippen molar-refractivity contribution in [3.8, 4) is 0 Å². The Hall–Kier alpha value is -1.60. The Kier molecular flexibility index (Phi) is 5.79. The van der Waals surface area contributed by atoms with Crippen molar-refractivity contribution in [1.82, 2.24) is 0 Å². The van der Waals surface area contributed by atoms with Gasteiger partial charge in [0.25, 0.3) is 5.91 Å². The van der Waals surface area contributed by atoms with E-state index in [0.29, 0.717) is 23.4 Å². The Labute approximate surface area is 146 Å². The summed E-state index contributed by atoms with van der Waals surface area (Å²) in [6.07, 6.45) is 0. The molecule has 2 rings (SSSR count). The predicted octanol–water partition coefficient (Wildman–Crippen LogP) is 4.37. The van der Waals surface area contributed by atoms with Crippen LogP contribution in [-0.2, 0) is 4.74 Å². The van der Waals surface area contributed by atoms with Crippen LogP contribution in [-0.4, -0.2) is 18.5 Å². The van der Waals surface area contributed by atoms with Crippen LogP contribution in [0.5, 0.6) is 0 Å². The first-order chi connectivity index (χ1) is 10.5. The van der Waals surface area contributed by atoms with Gasteiger partial charge in [-0.2, -0.15) is 0 Å². The van der Waals surface area contributed by atoms with Crippen LogP contribution < -0.4 is 5.32 Å². The fraction of sp³-hybridized carbons (Fsp3) is 0.125. The Bertz CT molecular complexity index is 701. The fourth-order valence-corrected chi connectivity index (χ4v) is 2.34. The van der Waals surface area contributed by atoms with Crippen molar-refractivity contribution in [3.05, 3.63) is 62.2 Å². The standard InChI is InChI=1S/C16H13ClINO3/c1-2-22-16(21)11-5-8-14(13(17)9-11)19-15(20)10-3-6-12(18)7-4-10/h3-9H,2H2,1H3,(H,19,20). The van der Waals surface area contributed by atoms with E-state index in [0.717, 1.165) is 3.57 Å². The lowest BCUT2D eigenvalue weighted by Crippen LogP contribution is -2.12. The molecule has 2 aromatic carbocycles. The van der Waals surface area contributed by atoms with E-state index in [4.69, 9.17) is 16.3 Å². The van der Waals surface area contributed by atoms with Gasteiger partial charge in [-0.05, 0) is 72.0 Å². The Balaban J connectivity index is 2.14. The van der Waals surface area contributed by atoms with Crippen molar-refractivity contribution in [2.75, 3.05) is 11.9 Å². The smallest absolute Gasteiger partial charge is 0.338 e. The number of rotatable bonds is 4. The second-order valence-corrected chi connectivity index (χ2v) is 6.03. The van der Waals surface area contributed by atoms with Crippen LogP contribution >= 0.6 is 34.2 Å². The molecule has 0 aliphatic rings. The van der Waals surface area contributed by atoms with E-state index in [2.05, 4.69) is 27.9 Å². The van der Waals surface area contributed by atoms with Crippen LogP contribution in [0.2, 0.25) is 5.02 Å². The van der Waals surface area contributed by atoms with E-state index >= 15 is 0 Å². The molecule has 2 aromatic rings. The minimum atomic E-state index is -0.445. The largest absolute Gasteiger partial charge is 0.462 e. The number of esters is 1. The summed E-state index contributed by atoms with van der Waals surface area (Å²) in [5, 5.41) is 3.00. The minimum Gasteiger partial charge on any atom is -0.462 e. The minimum absolute atomic E-state index is 0.262. The van der Waals surface area contributed by atoms with Gasteiger partial charge in [0.1, 0.15) is 0 Å². The summed E-state index contributed by atoms with van der Waals surface area (Å²) in [5.74, 6) is -0.706. The zero-order valence-electron chi connectivity index (χ0n) is 11.7. The molecule has 0 unspecified atom stereocenters. The molecule has 0 spiro atoms. The highest BCUT2D eigenvalue weighted by molar-refractivity contribution is 14.1. The number of hydrogen-bond acceptors (Lipinski definition) is 3. The van der Waals surface area contributed by atoms with Gasteiger partial charge in [0, 0.05) is 9.13 Å². The number of carbonyl (C=O) groups is 2. The predicted molar refractivity (Wildman–Crippen MR) is 94.5 cm³/mol. The van der Waals surface area contributed by atoms with Crippen molar-refractivity contribution in [2.45, 2.75) is 6.92 Å². The lowest BCUT2D eigenvalue weighted by molar-refractivity contribution is 0.0526. The first-order valence-corrected chi connectivity index (χ1v) is 8.00. The van der Waals surface area contributed by atoms with E-state index in [1.807, 2.05) is 12.1 Å². The number of nitrogens with one attached hydrogen (secondary N) is 1. The quantitative estimate of drug-likeness (QED) is 0.580. The van der Waals surface area contributed by atoms with Crippen molar-refractivity contribution in [3.63, 3.8) is 0 Å². The Morgan fingerprint density at radius 1 is 1.14 bits per heavy atom. The normalized spacial score (nSPS) is 10.1. The van der Waals surface area contributed by atoms with E-state index < -0.39 is 5.97 Å². The molecular formula is C16H13ClINO3. The van der Waals surface area contributed by atoms with Crippen molar-refractivity contribution < 1.29 is 14.3 Å². The second kappa shape index (κ2) is 7.60. The fourth-order valence-electron chi connectivity index (χ4n) is 1.75. The molecule has 1 amide bonds. The van der Waals surface area contributed by atoms with Crippen molar-refractivity contribution in [1.29, 1.82) is 0 Å². The molecule has 22 heavy (non-hydrogen) atoms. The number of ether oxygens (including phenoxy) is 1. The SMILES string of the molecule is CCOC(=O)c1ccc(NC(=O)c2ccc(I)cc2)c(Cl)c1.